The minimum atomic E-state index is -0.834. The van der Waals surface area contributed by atoms with Gasteiger partial charge in [0, 0.05) is 37.5 Å². The van der Waals surface area contributed by atoms with Crippen molar-refractivity contribution in [3.8, 4) is 0 Å². The van der Waals surface area contributed by atoms with Gasteiger partial charge in [0.05, 0.1) is 10.5 Å². The first kappa shape index (κ1) is 22.4. The molecule has 8 heteroatoms. The van der Waals surface area contributed by atoms with Gasteiger partial charge in [-0.2, -0.15) is 0 Å². The van der Waals surface area contributed by atoms with Crippen molar-refractivity contribution in [2.45, 2.75) is 6.54 Å². The van der Waals surface area contributed by atoms with Crippen molar-refractivity contribution in [3.05, 3.63) is 95.1 Å². The molecule has 0 saturated carbocycles. The predicted molar refractivity (Wildman–Crippen MR) is 114 cm³/mol. The molecule has 0 unspecified atom stereocenters. The lowest BCUT2D eigenvalue weighted by Crippen LogP contribution is -2.35. The monoisotopic (exact) mass is 409 g/mol. The first-order valence-corrected chi connectivity index (χ1v) is 9.19. The van der Waals surface area contributed by atoms with E-state index in [0.717, 1.165) is 11.6 Å². The Hall–Kier alpha value is -3.94. The van der Waals surface area contributed by atoms with Gasteiger partial charge in [-0.05, 0) is 11.6 Å². The zero-order valence-electron chi connectivity index (χ0n) is 16.5. The number of esters is 1. The van der Waals surface area contributed by atoms with Gasteiger partial charge in [-0.1, -0.05) is 42.5 Å². The molecule has 0 atom stereocenters. The van der Waals surface area contributed by atoms with Gasteiger partial charge in [0.1, 0.15) is 0 Å². The van der Waals surface area contributed by atoms with Crippen molar-refractivity contribution in [1.82, 2.24) is 4.90 Å². The SMILES string of the molecule is C=CCN(CC=C)C(=O)COC(=O)c1cc([N+](=O)[O-])ccc1NCc1ccccc1. The fourth-order valence-electron chi connectivity index (χ4n) is 2.65. The van der Waals surface area contributed by atoms with E-state index in [1.165, 1.54) is 17.0 Å². The third-order valence-electron chi connectivity index (χ3n) is 4.14. The van der Waals surface area contributed by atoms with Crippen LogP contribution in [0.5, 0.6) is 0 Å². The number of hydrogen-bond acceptors (Lipinski definition) is 6. The molecule has 0 aliphatic carbocycles. The van der Waals surface area contributed by atoms with Gasteiger partial charge in [-0.3, -0.25) is 14.9 Å². The van der Waals surface area contributed by atoms with Gasteiger partial charge in [-0.15, -0.1) is 13.2 Å². The summed E-state index contributed by atoms with van der Waals surface area (Å²) in [5, 5.41) is 14.2. The van der Waals surface area contributed by atoms with E-state index in [9.17, 15) is 19.7 Å². The lowest BCUT2D eigenvalue weighted by molar-refractivity contribution is -0.384. The molecule has 0 heterocycles. The zero-order valence-corrected chi connectivity index (χ0v) is 16.5. The maximum absolute atomic E-state index is 12.6. The van der Waals surface area contributed by atoms with Crippen molar-refractivity contribution >= 4 is 23.3 Å². The summed E-state index contributed by atoms with van der Waals surface area (Å²) in [6.07, 6.45) is 3.10. The van der Waals surface area contributed by atoms with E-state index < -0.39 is 23.4 Å². The molecule has 8 nitrogen and oxygen atoms in total. The Bertz CT molecular complexity index is 918. The van der Waals surface area contributed by atoms with Crippen molar-refractivity contribution in [3.63, 3.8) is 0 Å². The number of ether oxygens (including phenoxy) is 1. The smallest absolute Gasteiger partial charge is 0.341 e. The second-order valence-electron chi connectivity index (χ2n) is 6.28. The third-order valence-corrected chi connectivity index (χ3v) is 4.14. The molecule has 0 bridgehead atoms. The third kappa shape index (κ3) is 6.30. The van der Waals surface area contributed by atoms with Crippen LogP contribution >= 0.6 is 0 Å². The van der Waals surface area contributed by atoms with Crippen LogP contribution in [0.1, 0.15) is 15.9 Å². The van der Waals surface area contributed by atoms with Crippen LogP contribution in [0.4, 0.5) is 11.4 Å². The van der Waals surface area contributed by atoms with E-state index >= 15 is 0 Å². The number of carbonyl (C=O) groups is 2. The molecular formula is C22H23N3O5. The highest BCUT2D eigenvalue weighted by Gasteiger charge is 2.20. The van der Waals surface area contributed by atoms with E-state index in [0.29, 0.717) is 12.2 Å². The number of nitrogens with one attached hydrogen (secondary N) is 1. The molecular weight excluding hydrogens is 386 g/mol. The first-order chi connectivity index (χ1) is 14.5. The summed E-state index contributed by atoms with van der Waals surface area (Å²) in [6.45, 7) is 7.64. The summed E-state index contributed by atoms with van der Waals surface area (Å²) in [5.74, 6) is -1.26. The number of nitrogens with zero attached hydrogens (tertiary/aromatic N) is 2. The lowest BCUT2D eigenvalue weighted by atomic mass is 10.1. The largest absolute Gasteiger partial charge is 0.452 e. The van der Waals surface area contributed by atoms with Crippen LogP contribution in [0.25, 0.3) is 0 Å². The molecule has 0 saturated heterocycles. The molecule has 0 aliphatic rings. The van der Waals surface area contributed by atoms with Crippen molar-refractivity contribution < 1.29 is 19.2 Å². The molecule has 0 aromatic heterocycles. The summed E-state index contributed by atoms with van der Waals surface area (Å²) in [7, 11) is 0. The Morgan fingerprint density at radius 3 is 2.37 bits per heavy atom. The molecule has 0 aliphatic heterocycles. The van der Waals surface area contributed by atoms with E-state index in [1.807, 2.05) is 30.3 Å². The molecule has 0 spiro atoms. The van der Waals surface area contributed by atoms with Crippen LogP contribution in [0.2, 0.25) is 0 Å². The van der Waals surface area contributed by atoms with Crippen LogP contribution < -0.4 is 5.32 Å². The van der Waals surface area contributed by atoms with Crippen molar-refractivity contribution in [2.24, 2.45) is 0 Å². The second-order valence-corrected chi connectivity index (χ2v) is 6.28. The van der Waals surface area contributed by atoms with Gasteiger partial charge in [-0.25, -0.2) is 4.79 Å². The van der Waals surface area contributed by atoms with Crippen LogP contribution in [-0.2, 0) is 16.1 Å². The second kappa shape index (κ2) is 11.2. The average Bonchev–Trinajstić information content (AvgIpc) is 2.76. The summed E-state index contributed by atoms with van der Waals surface area (Å²) in [5.41, 5.74) is 1.07. The number of amides is 1. The van der Waals surface area contributed by atoms with E-state index in [-0.39, 0.29) is 24.3 Å². The highest BCUT2D eigenvalue weighted by Crippen LogP contribution is 2.24. The standard InChI is InChI=1S/C22H23N3O5/c1-3-12-24(13-4-2)21(26)16-30-22(27)19-14-18(25(28)29)10-11-20(19)23-15-17-8-6-5-7-9-17/h3-11,14,23H,1-2,12-13,15-16H2. The van der Waals surface area contributed by atoms with Gasteiger partial charge in [0.15, 0.2) is 6.61 Å². The molecule has 0 radical (unpaired) electrons. The predicted octanol–water partition coefficient (Wildman–Crippen LogP) is 3.56. The van der Waals surface area contributed by atoms with Crippen LogP contribution in [0, 0.1) is 10.1 Å². The Morgan fingerprint density at radius 1 is 1.10 bits per heavy atom. The number of benzene rings is 2. The minimum absolute atomic E-state index is 0.0214. The van der Waals surface area contributed by atoms with Crippen LogP contribution in [0.15, 0.2) is 73.8 Å². The number of rotatable bonds is 11. The van der Waals surface area contributed by atoms with Gasteiger partial charge < -0.3 is 15.0 Å². The molecule has 1 N–H and O–H groups in total. The molecule has 2 aromatic rings. The molecule has 30 heavy (non-hydrogen) atoms. The Balaban J connectivity index is 2.15. The number of nitro groups is 1. The average molecular weight is 409 g/mol. The normalized spacial score (nSPS) is 10.0. The van der Waals surface area contributed by atoms with E-state index in [2.05, 4.69) is 18.5 Å². The Kier molecular flexibility index (Phi) is 8.31. The highest BCUT2D eigenvalue weighted by atomic mass is 16.6. The van der Waals surface area contributed by atoms with Crippen molar-refractivity contribution in [1.29, 1.82) is 0 Å². The molecule has 0 fully saturated rings. The molecule has 156 valence electrons. The van der Waals surface area contributed by atoms with Crippen LogP contribution in [0.3, 0.4) is 0 Å². The maximum atomic E-state index is 12.6. The number of nitro benzene ring substituents is 1. The molecule has 2 rings (SSSR count). The van der Waals surface area contributed by atoms with Crippen LogP contribution in [-0.4, -0.2) is 41.4 Å². The van der Waals surface area contributed by atoms with Gasteiger partial charge in [0.25, 0.3) is 11.6 Å². The fourth-order valence-corrected chi connectivity index (χ4v) is 2.65. The van der Waals surface area contributed by atoms with E-state index in [1.54, 1.807) is 12.2 Å². The summed E-state index contributed by atoms with van der Waals surface area (Å²) < 4.78 is 5.13. The maximum Gasteiger partial charge on any atom is 0.341 e. The summed E-state index contributed by atoms with van der Waals surface area (Å²) in [6, 6.07) is 13.3. The number of non-ortho nitro benzene ring substituents is 1. The number of anilines is 1. The Labute approximate surface area is 174 Å². The highest BCUT2D eigenvalue weighted by molar-refractivity contribution is 5.97. The number of carbonyl (C=O) groups excluding carboxylic acids is 2. The lowest BCUT2D eigenvalue weighted by Gasteiger charge is -2.19. The van der Waals surface area contributed by atoms with E-state index in [4.69, 9.17) is 4.74 Å². The minimum Gasteiger partial charge on any atom is -0.452 e. The summed E-state index contributed by atoms with van der Waals surface area (Å²) in [4.78, 5) is 36.8. The van der Waals surface area contributed by atoms with Crippen molar-refractivity contribution in [2.75, 3.05) is 25.0 Å². The zero-order chi connectivity index (χ0) is 21.9. The first-order valence-electron chi connectivity index (χ1n) is 9.19. The Morgan fingerprint density at radius 2 is 1.77 bits per heavy atom. The summed E-state index contributed by atoms with van der Waals surface area (Å²) >= 11 is 0. The fraction of sp³-hybridized carbons (Fsp3) is 0.182. The molecule has 1 amide bonds. The van der Waals surface area contributed by atoms with Gasteiger partial charge in [0.2, 0.25) is 0 Å². The number of hydrogen-bond donors (Lipinski definition) is 1. The topological polar surface area (TPSA) is 102 Å². The molecule has 2 aromatic carbocycles. The quantitative estimate of drug-likeness (QED) is 0.263. The van der Waals surface area contributed by atoms with Gasteiger partial charge >= 0.3 is 5.97 Å².